The van der Waals surface area contributed by atoms with Crippen molar-refractivity contribution in [2.45, 2.75) is 38.3 Å². The molecule has 2 unspecified atom stereocenters. The molecule has 0 aromatic heterocycles. The fraction of sp³-hybridized carbons (Fsp3) is 0.529. The van der Waals surface area contributed by atoms with E-state index in [0.717, 1.165) is 19.5 Å². The van der Waals surface area contributed by atoms with Crippen LogP contribution in [0.4, 0.5) is 0 Å². The minimum Gasteiger partial charge on any atom is -0.307 e. The molecular formula is C17H26N2. The Labute approximate surface area is 117 Å². The highest BCUT2D eigenvalue weighted by molar-refractivity contribution is 5.24. The Morgan fingerprint density at radius 3 is 2.84 bits per heavy atom. The number of hydrogen-bond donors (Lipinski definition) is 1. The fourth-order valence-corrected chi connectivity index (χ4v) is 2.95. The maximum Gasteiger partial charge on any atom is 0.0535 e. The van der Waals surface area contributed by atoms with Crippen molar-refractivity contribution in [1.82, 2.24) is 10.2 Å². The van der Waals surface area contributed by atoms with Gasteiger partial charge in [0.1, 0.15) is 0 Å². The van der Waals surface area contributed by atoms with Gasteiger partial charge in [0.25, 0.3) is 0 Å². The van der Waals surface area contributed by atoms with Gasteiger partial charge < -0.3 is 5.32 Å². The van der Waals surface area contributed by atoms with Crippen LogP contribution < -0.4 is 5.32 Å². The topological polar surface area (TPSA) is 15.3 Å². The number of rotatable bonds is 4. The van der Waals surface area contributed by atoms with E-state index in [1.54, 1.807) is 0 Å². The summed E-state index contributed by atoms with van der Waals surface area (Å²) in [5.74, 6) is 0. The summed E-state index contributed by atoms with van der Waals surface area (Å²) >= 11 is 0. The van der Waals surface area contributed by atoms with E-state index in [-0.39, 0.29) is 5.54 Å². The molecule has 1 aliphatic heterocycles. The van der Waals surface area contributed by atoms with Crippen molar-refractivity contribution >= 4 is 0 Å². The van der Waals surface area contributed by atoms with Crippen molar-refractivity contribution in [3.05, 3.63) is 48.6 Å². The number of nitrogens with one attached hydrogen (secondary N) is 1. The molecule has 0 saturated carbocycles. The Morgan fingerprint density at radius 2 is 2.16 bits per heavy atom. The summed E-state index contributed by atoms with van der Waals surface area (Å²) in [4.78, 5) is 2.59. The average molecular weight is 258 g/mol. The molecule has 2 rings (SSSR count). The molecule has 104 valence electrons. The van der Waals surface area contributed by atoms with E-state index in [9.17, 15) is 0 Å². The highest BCUT2D eigenvalue weighted by Gasteiger charge is 2.31. The van der Waals surface area contributed by atoms with E-state index in [1.165, 1.54) is 18.5 Å². The van der Waals surface area contributed by atoms with Gasteiger partial charge in [-0.25, -0.2) is 0 Å². The van der Waals surface area contributed by atoms with E-state index in [2.05, 4.69) is 61.0 Å². The predicted octanol–water partition coefficient (Wildman–Crippen LogP) is 3.16. The highest BCUT2D eigenvalue weighted by atomic mass is 15.2. The maximum atomic E-state index is 3.87. The lowest BCUT2D eigenvalue weighted by Crippen LogP contribution is -2.48. The Bertz CT molecular complexity index is 401. The van der Waals surface area contributed by atoms with Crippen molar-refractivity contribution in [2.24, 2.45) is 0 Å². The van der Waals surface area contributed by atoms with Gasteiger partial charge in [0.2, 0.25) is 0 Å². The van der Waals surface area contributed by atoms with Gasteiger partial charge in [-0.1, -0.05) is 36.4 Å². The monoisotopic (exact) mass is 258 g/mol. The SMILES string of the molecule is C=CCC(C)N1CCCNC(C)(c2ccccc2)C1. The first-order valence-electron chi connectivity index (χ1n) is 7.31. The second-order valence-corrected chi connectivity index (χ2v) is 5.82. The Balaban J connectivity index is 2.18. The van der Waals surface area contributed by atoms with Crippen molar-refractivity contribution in [1.29, 1.82) is 0 Å². The smallest absolute Gasteiger partial charge is 0.0535 e. The minimum absolute atomic E-state index is 0.0488. The standard InChI is InChI=1S/C17H26N2/c1-4-9-15(2)19-13-8-12-18-17(3,14-19)16-10-6-5-7-11-16/h4-7,10-11,15,18H,1,8-9,12-14H2,2-3H3. The molecule has 0 aliphatic carbocycles. The summed E-state index contributed by atoms with van der Waals surface area (Å²) in [5.41, 5.74) is 1.43. The van der Waals surface area contributed by atoms with Gasteiger partial charge >= 0.3 is 0 Å². The number of hydrogen-bond acceptors (Lipinski definition) is 2. The average Bonchev–Trinajstić information content (AvgIpc) is 2.63. The van der Waals surface area contributed by atoms with Crippen molar-refractivity contribution in [3.63, 3.8) is 0 Å². The van der Waals surface area contributed by atoms with E-state index in [4.69, 9.17) is 0 Å². The largest absolute Gasteiger partial charge is 0.307 e. The minimum atomic E-state index is 0.0488. The van der Waals surface area contributed by atoms with Crippen LogP contribution in [0.5, 0.6) is 0 Å². The van der Waals surface area contributed by atoms with Crippen molar-refractivity contribution < 1.29 is 0 Å². The molecule has 0 bridgehead atoms. The fourth-order valence-electron chi connectivity index (χ4n) is 2.95. The molecule has 2 atom stereocenters. The zero-order chi connectivity index (χ0) is 13.7. The van der Waals surface area contributed by atoms with Crippen LogP contribution in [0.1, 0.15) is 32.3 Å². The third-order valence-corrected chi connectivity index (χ3v) is 4.20. The van der Waals surface area contributed by atoms with Crippen LogP contribution >= 0.6 is 0 Å². The number of nitrogens with zero attached hydrogens (tertiary/aromatic N) is 1. The molecule has 0 spiro atoms. The third-order valence-electron chi connectivity index (χ3n) is 4.20. The third kappa shape index (κ3) is 3.46. The van der Waals surface area contributed by atoms with Gasteiger partial charge in [0.15, 0.2) is 0 Å². The van der Waals surface area contributed by atoms with Crippen LogP contribution in [0.25, 0.3) is 0 Å². The molecule has 0 radical (unpaired) electrons. The molecule has 2 heteroatoms. The predicted molar refractivity (Wildman–Crippen MR) is 82.3 cm³/mol. The number of benzene rings is 1. The van der Waals surface area contributed by atoms with Crippen LogP contribution in [0.2, 0.25) is 0 Å². The van der Waals surface area contributed by atoms with E-state index in [1.807, 2.05) is 6.08 Å². The molecule has 0 amide bonds. The molecule has 19 heavy (non-hydrogen) atoms. The molecule has 1 aromatic carbocycles. The van der Waals surface area contributed by atoms with Gasteiger partial charge in [-0.05, 0) is 45.3 Å². The molecule has 1 fully saturated rings. The Kier molecular flexibility index (Phi) is 4.78. The summed E-state index contributed by atoms with van der Waals surface area (Å²) in [6.45, 7) is 11.8. The second kappa shape index (κ2) is 6.36. The van der Waals surface area contributed by atoms with Gasteiger partial charge in [0, 0.05) is 12.6 Å². The Hall–Kier alpha value is -1.12. The lowest BCUT2D eigenvalue weighted by molar-refractivity contribution is 0.172. The maximum absolute atomic E-state index is 3.87. The summed E-state index contributed by atoms with van der Waals surface area (Å²) in [7, 11) is 0. The molecular weight excluding hydrogens is 232 g/mol. The second-order valence-electron chi connectivity index (χ2n) is 5.82. The van der Waals surface area contributed by atoms with Crippen LogP contribution in [0.3, 0.4) is 0 Å². The molecule has 1 aliphatic rings. The molecule has 1 aromatic rings. The van der Waals surface area contributed by atoms with Crippen LogP contribution in [-0.4, -0.2) is 30.6 Å². The first kappa shape index (κ1) is 14.3. The quantitative estimate of drug-likeness (QED) is 0.835. The normalized spacial score (nSPS) is 26.6. The van der Waals surface area contributed by atoms with Gasteiger partial charge in [-0.3, -0.25) is 4.90 Å². The summed E-state index contributed by atoms with van der Waals surface area (Å²) in [6, 6.07) is 11.4. The Morgan fingerprint density at radius 1 is 1.42 bits per heavy atom. The van der Waals surface area contributed by atoms with Gasteiger partial charge in [0.05, 0.1) is 5.54 Å². The summed E-state index contributed by atoms with van der Waals surface area (Å²) in [6.07, 6.45) is 4.30. The highest BCUT2D eigenvalue weighted by Crippen LogP contribution is 2.25. The molecule has 1 saturated heterocycles. The summed E-state index contributed by atoms with van der Waals surface area (Å²) < 4.78 is 0. The van der Waals surface area contributed by atoms with E-state index in [0.29, 0.717) is 6.04 Å². The summed E-state index contributed by atoms with van der Waals surface area (Å²) in [5, 5.41) is 3.73. The van der Waals surface area contributed by atoms with Gasteiger partial charge in [-0.15, -0.1) is 6.58 Å². The lowest BCUT2D eigenvalue weighted by Gasteiger charge is -2.36. The van der Waals surface area contributed by atoms with Crippen LogP contribution in [0.15, 0.2) is 43.0 Å². The van der Waals surface area contributed by atoms with Crippen LogP contribution in [0, 0.1) is 0 Å². The van der Waals surface area contributed by atoms with Crippen molar-refractivity contribution in [2.75, 3.05) is 19.6 Å². The molecule has 2 nitrogen and oxygen atoms in total. The molecule has 1 heterocycles. The first-order chi connectivity index (χ1) is 9.15. The first-order valence-corrected chi connectivity index (χ1v) is 7.31. The van der Waals surface area contributed by atoms with Crippen molar-refractivity contribution in [3.8, 4) is 0 Å². The zero-order valence-electron chi connectivity index (χ0n) is 12.2. The van der Waals surface area contributed by atoms with E-state index >= 15 is 0 Å². The van der Waals surface area contributed by atoms with Crippen LogP contribution in [-0.2, 0) is 5.54 Å². The zero-order valence-corrected chi connectivity index (χ0v) is 12.2. The lowest BCUT2D eigenvalue weighted by atomic mass is 9.91. The van der Waals surface area contributed by atoms with Gasteiger partial charge in [-0.2, -0.15) is 0 Å². The molecule has 1 N–H and O–H groups in total. The van der Waals surface area contributed by atoms with E-state index < -0.39 is 0 Å².